The Hall–Kier alpha value is -0.760. The molecule has 0 N–H and O–H groups in total. The second-order valence-electron chi connectivity index (χ2n) is 4.34. The zero-order valence-corrected chi connectivity index (χ0v) is 11.5. The van der Waals surface area contributed by atoms with Gasteiger partial charge in [0, 0.05) is 18.0 Å². The van der Waals surface area contributed by atoms with Crippen LogP contribution in [0, 0.1) is 5.92 Å². The first-order chi connectivity index (χ1) is 8.31. The number of hydrogen-bond acceptors (Lipinski definition) is 2. The summed E-state index contributed by atoms with van der Waals surface area (Å²) in [6.07, 6.45) is 8.46. The van der Waals surface area contributed by atoms with Gasteiger partial charge in [-0.15, -0.1) is 11.6 Å². The Morgan fingerprint density at radius 3 is 2.88 bits per heavy atom. The third kappa shape index (κ3) is 4.95. The maximum Gasteiger partial charge on any atom is 0.126 e. The summed E-state index contributed by atoms with van der Waals surface area (Å²) in [5, 5.41) is 0. The molecule has 0 aliphatic rings. The van der Waals surface area contributed by atoms with Crippen molar-refractivity contribution in [1.82, 2.24) is 4.98 Å². The quantitative estimate of drug-likeness (QED) is 0.642. The lowest BCUT2D eigenvalue weighted by Crippen LogP contribution is -2.12. The highest BCUT2D eigenvalue weighted by Gasteiger charge is 2.08. The Labute approximate surface area is 109 Å². The molecule has 17 heavy (non-hydrogen) atoms. The highest BCUT2D eigenvalue weighted by molar-refractivity contribution is 6.17. The fourth-order valence-corrected chi connectivity index (χ4v) is 1.96. The van der Waals surface area contributed by atoms with Crippen molar-refractivity contribution in [3.05, 3.63) is 24.0 Å². The molecule has 0 saturated heterocycles. The summed E-state index contributed by atoms with van der Waals surface area (Å²) in [7, 11) is 0. The van der Waals surface area contributed by atoms with Crippen molar-refractivity contribution in [2.24, 2.45) is 5.92 Å². The van der Waals surface area contributed by atoms with E-state index in [1.807, 2.05) is 6.07 Å². The molecule has 0 aliphatic carbocycles. The van der Waals surface area contributed by atoms with Gasteiger partial charge in [0.2, 0.25) is 0 Å². The molecule has 0 saturated carbocycles. The fourth-order valence-electron chi connectivity index (χ4n) is 1.76. The van der Waals surface area contributed by atoms with E-state index < -0.39 is 0 Å². The van der Waals surface area contributed by atoms with Gasteiger partial charge in [0.05, 0.1) is 12.5 Å². The summed E-state index contributed by atoms with van der Waals surface area (Å²) < 4.78 is 5.85. The van der Waals surface area contributed by atoms with Gasteiger partial charge in [-0.25, -0.2) is 0 Å². The van der Waals surface area contributed by atoms with E-state index in [4.69, 9.17) is 16.3 Å². The van der Waals surface area contributed by atoms with E-state index in [1.54, 1.807) is 12.4 Å². The average Bonchev–Trinajstić information content (AvgIpc) is 2.39. The van der Waals surface area contributed by atoms with Crippen molar-refractivity contribution in [1.29, 1.82) is 0 Å². The molecule has 3 heteroatoms. The monoisotopic (exact) mass is 255 g/mol. The maximum atomic E-state index is 5.85. The molecule has 0 aromatic carbocycles. The molecule has 1 rings (SSSR count). The Morgan fingerprint density at radius 1 is 1.41 bits per heavy atom. The highest BCUT2D eigenvalue weighted by atomic mass is 35.5. The van der Waals surface area contributed by atoms with Gasteiger partial charge in [-0.2, -0.15) is 0 Å². The van der Waals surface area contributed by atoms with Crippen molar-refractivity contribution in [2.45, 2.75) is 45.4 Å². The van der Waals surface area contributed by atoms with Gasteiger partial charge in [0.25, 0.3) is 0 Å². The molecule has 2 nitrogen and oxygen atoms in total. The van der Waals surface area contributed by atoms with Crippen LogP contribution < -0.4 is 4.74 Å². The maximum absolute atomic E-state index is 5.85. The molecular formula is C14H22ClNO. The molecule has 0 fully saturated rings. The summed E-state index contributed by atoms with van der Waals surface area (Å²) in [5.41, 5.74) is 0.972. The molecule has 96 valence electrons. The fraction of sp³-hybridized carbons (Fsp3) is 0.643. The van der Waals surface area contributed by atoms with Crippen LogP contribution in [-0.4, -0.2) is 11.6 Å². The molecule has 0 bridgehead atoms. The van der Waals surface area contributed by atoms with E-state index in [-0.39, 0.29) is 0 Å². The summed E-state index contributed by atoms with van der Waals surface area (Å²) >= 11 is 5.84. The number of alkyl halides is 1. The number of pyridine rings is 1. The SMILES string of the molecule is CCCCC(CC)COc1ccncc1CCl. The number of aromatic nitrogens is 1. The van der Waals surface area contributed by atoms with Crippen LogP contribution in [0.15, 0.2) is 18.5 Å². The van der Waals surface area contributed by atoms with Crippen molar-refractivity contribution in [2.75, 3.05) is 6.61 Å². The zero-order valence-electron chi connectivity index (χ0n) is 10.8. The van der Waals surface area contributed by atoms with Crippen molar-refractivity contribution in [3.8, 4) is 5.75 Å². The van der Waals surface area contributed by atoms with Crippen LogP contribution in [0.4, 0.5) is 0 Å². The first-order valence-electron chi connectivity index (χ1n) is 6.43. The van der Waals surface area contributed by atoms with Crippen LogP contribution >= 0.6 is 11.6 Å². The number of unbranched alkanes of at least 4 members (excludes halogenated alkanes) is 1. The van der Waals surface area contributed by atoms with E-state index in [1.165, 1.54) is 25.7 Å². The minimum absolute atomic E-state index is 0.453. The van der Waals surface area contributed by atoms with E-state index in [0.29, 0.717) is 11.8 Å². The van der Waals surface area contributed by atoms with Crippen LogP contribution in [0.2, 0.25) is 0 Å². The molecule has 0 spiro atoms. The standard InChI is InChI=1S/C14H22ClNO/c1-3-5-6-12(4-2)11-17-14-7-8-16-10-13(14)9-15/h7-8,10,12H,3-6,9,11H2,1-2H3. The van der Waals surface area contributed by atoms with Crippen LogP contribution in [-0.2, 0) is 5.88 Å². The smallest absolute Gasteiger partial charge is 0.126 e. The van der Waals surface area contributed by atoms with E-state index in [9.17, 15) is 0 Å². The molecule has 1 aromatic rings. The Morgan fingerprint density at radius 2 is 2.24 bits per heavy atom. The second kappa shape index (κ2) is 8.35. The lowest BCUT2D eigenvalue weighted by molar-refractivity contribution is 0.232. The van der Waals surface area contributed by atoms with Gasteiger partial charge in [0.1, 0.15) is 5.75 Å². The lowest BCUT2D eigenvalue weighted by atomic mass is 10.0. The summed E-state index contributed by atoms with van der Waals surface area (Å²) in [6, 6.07) is 1.89. The second-order valence-corrected chi connectivity index (χ2v) is 4.61. The number of ether oxygens (including phenoxy) is 1. The highest BCUT2D eigenvalue weighted by Crippen LogP contribution is 2.21. The van der Waals surface area contributed by atoms with Crippen molar-refractivity contribution < 1.29 is 4.74 Å². The number of halogens is 1. The van der Waals surface area contributed by atoms with Gasteiger partial charge < -0.3 is 4.74 Å². The molecule has 1 unspecified atom stereocenters. The van der Waals surface area contributed by atoms with E-state index >= 15 is 0 Å². The Bertz CT molecular complexity index is 317. The van der Waals surface area contributed by atoms with Crippen molar-refractivity contribution >= 4 is 11.6 Å². The third-order valence-corrected chi connectivity index (χ3v) is 3.31. The minimum atomic E-state index is 0.453. The molecule has 0 amide bonds. The van der Waals surface area contributed by atoms with Gasteiger partial charge in [-0.1, -0.05) is 33.1 Å². The topological polar surface area (TPSA) is 22.1 Å². The van der Waals surface area contributed by atoms with E-state index in [2.05, 4.69) is 18.8 Å². The largest absolute Gasteiger partial charge is 0.493 e. The lowest BCUT2D eigenvalue weighted by Gasteiger charge is -2.16. The third-order valence-electron chi connectivity index (χ3n) is 3.02. The van der Waals surface area contributed by atoms with Crippen LogP contribution in [0.1, 0.15) is 45.1 Å². The van der Waals surface area contributed by atoms with Gasteiger partial charge in [0.15, 0.2) is 0 Å². The van der Waals surface area contributed by atoms with Crippen LogP contribution in [0.25, 0.3) is 0 Å². The molecule has 0 radical (unpaired) electrons. The van der Waals surface area contributed by atoms with Gasteiger partial charge >= 0.3 is 0 Å². The first-order valence-corrected chi connectivity index (χ1v) is 6.96. The molecule has 1 heterocycles. The minimum Gasteiger partial charge on any atom is -0.493 e. The number of rotatable bonds is 8. The summed E-state index contributed by atoms with van der Waals surface area (Å²) in [4.78, 5) is 4.05. The first kappa shape index (κ1) is 14.3. The molecule has 1 aromatic heterocycles. The number of hydrogen-bond donors (Lipinski definition) is 0. The normalized spacial score (nSPS) is 12.4. The summed E-state index contributed by atoms with van der Waals surface area (Å²) in [6.45, 7) is 5.23. The molecule has 0 aliphatic heterocycles. The van der Waals surface area contributed by atoms with Crippen LogP contribution in [0.5, 0.6) is 5.75 Å². The predicted octanol–water partition coefficient (Wildman–Crippen LogP) is 4.42. The Kier molecular flexibility index (Phi) is 7.02. The summed E-state index contributed by atoms with van der Waals surface area (Å²) in [5.74, 6) is 1.98. The van der Waals surface area contributed by atoms with Crippen LogP contribution in [0.3, 0.4) is 0 Å². The Balaban J connectivity index is 2.47. The van der Waals surface area contributed by atoms with Gasteiger partial charge in [-0.3, -0.25) is 4.98 Å². The predicted molar refractivity (Wildman–Crippen MR) is 72.6 cm³/mol. The number of nitrogens with zero attached hydrogens (tertiary/aromatic N) is 1. The van der Waals surface area contributed by atoms with E-state index in [0.717, 1.165) is 17.9 Å². The van der Waals surface area contributed by atoms with Gasteiger partial charge in [-0.05, 0) is 18.4 Å². The average molecular weight is 256 g/mol. The zero-order chi connectivity index (χ0) is 12.5. The van der Waals surface area contributed by atoms with Crippen molar-refractivity contribution in [3.63, 3.8) is 0 Å². The molecular weight excluding hydrogens is 234 g/mol. The molecule has 1 atom stereocenters.